The monoisotopic (exact) mass is 430 g/mol. The number of hydrogen-bond acceptors (Lipinski definition) is 4. The smallest absolute Gasteiger partial charge is 0.282 e. The second kappa shape index (κ2) is 8.09. The average molecular weight is 431 g/mol. The first-order valence-corrected chi connectivity index (χ1v) is 10.2. The fraction of sp³-hybridized carbons (Fsp3) is 0.273. The molecule has 0 aromatic heterocycles. The van der Waals surface area contributed by atoms with Crippen molar-refractivity contribution in [3.63, 3.8) is 0 Å². The van der Waals surface area contributed by atoms with Crippen LogP contribution in [0.5, 0.6) is 5.75 Å². The van der Waals surface area contributed by atoms with Crippen LogP contribution in [0.4, 0.5) is 5.69 Å². The number of piperidine rings is 1. The number of hydrogen-bond donors (Lipinski definition) is 0. The highest BCUT2D eigenvalue weighted by Crippen LogP contribution is 2.39. The van der Waals surface area contributed by atoms with Crippen LogP contribution in [-0.2, 0) is 9.59 Å². The second-order valence-electron chi connectivity index (χ2n) is 7.04. The quantitative estimate of drug-likeness (QED) is 0.655. The number of rotatable bonds is 4. The molecule has 0 spiro atoms. The number of anilines is 1. The molecule has 2 aromatic rings. The van der Waals surface area contributed by atoms with Crippen molar-refractivity contribution in [3.8, 4) is 5.75 Å². The molecule has 0 radical (unpaired) electrons. The van der Waals surface area contributed by atoms with E-state index in [2.05, 4.69) is 0 Å². The van der Waals surface area contributed by atoms with Gasteiger partial charge >= 0.3 is 0 Å². The molecule has 2 heterocycles. The summed E-state index contributed by atoms with van der Waals surface area (Å²) >= 11 is 12.5. The number of halogens is 2. The SMILES string of the molecule is COc1ccc(N2C(=O)C(c3ccc(Cl)cc3Cl)=C(N3CCCCC3)C2=O)cc1. The molecule has 2 amide bonds. The van der Waals surface area contributed by atoms with Crippen molar-refractivity contribution in [2.24, 2.45) is 0 Å². The fourth-order valence-corrected chi connectivity index (χ4v) is 4.33. The maximum Gasteiger partial charge on any atom is 0.282 e. The third-order valence-electron chi connectivity index (χ3n) is 5.26. The number of ether oxygens (including phenoxy) is 1. The number of benzene rings is 2. The molecule has 29 heavy (non-hydrogen) atoms. The van der Waals surface area contributed by atoms with E-state index in [1.165, 1.54) is 4.90 Å². The minimum atomic E-state index is -0.384. The second-order valence-corrected chi connectivity index (χ2v) is 7.88. The van der Waals surface area contributed by atoms with Gasteiger partial charge in [0.15, 0.2) is 0 Å². The van der Waals surface area contributed by atoms with Crippen LogP contribution in [0, 0.1) is 0 Å². The lowest BCUT2D eigenvalue weighted by molar-refractivity contribution is -0.120. The Bertz CT molecular complexity index is 996. The molecular weight excluding hydrogens is 411 g/mol. The van der Waals surface area contributed by atoms with Crippen molar-refractivity contribution < 1.29 is 14.3 Å². The number of methoxy groups -OCH3 is 1. The highest BCUT2D eigenvalue weighted by Gasteiger charge is 2.43. The van der Waals surface area contributed by atoms with Gasteiger partial charge < -0.3 is 9.64 Å². The molecule has 0 saturated carbocycles. The van der Waals surface area contributed by atoms with Gasteiger partial charge in [0.1, 0.15) is 11.4 Å². The molecule has 7 heteroatoms. The minimum Gasteiger partial charge on any atom is -0.497 e. The maximum atomic E-state index is 13.5. The molecule has 1 fully saturated rings. The summed E-state index contributed by atoms with van der Waals surface area (Å²) in [5.74, 6) is -0.0638. The lowest BCUT2D eigenvalue weighted by atomic mass is 10.0. The Labute approximate surface area is 179 Å². The molecule has 4 rings (SSSR count). The van der Waals surface area contributed by atoms with Gasteiger partial charge in [-0.25, -0.2) is 4.90 Å². The zero-order chi connectivity index (χ0) is 20.5. The van der Waals surface area contributed by atoms with Crippen molar-refractivity contribution in [1.82, 2.24) is 4.90 Å². The molecular formula is C22H20Cl2N2O3. The number of likely N-dealkylation sites (tertiary alicyclic amines) is 1. The van der Waals surface area contributed by atoms with Crippen molar-refractivity contribution in [2.75, 3.05) is 25.1 Å². The molecule has 2 aliphatic rings. The molecule has 0 unspecified atom stereocenters. The van der Waals surface area contributed by atoms with Crippen LogP contribution in [0.1, 0.15) is 24.8 Å². The van der Waals surface area contributed by atoms with Crippen molar-refractivity contribution in [2.45, 2.75) is 19.3 Å². The van der Waals surface area contributed by atoms with Gasteiger partial charge in [-0.1, -0.05) is 29.3 Å². The Kier molecular flexibility index (Phi) is 5.52. The van der Waals surface area contributed by atoms with E-state index in [-0.39, 0.29) is 11.8 Å². The Morgan fingerprint density at radius 3 is 2.21 bits per heavy atom. The summed E-state index contributed by atoms with van der Waals surface area (Å²) in [7, 11) is 1.57. The summed E-state index contributed by atoms with van der Waals surface area (Å²) in [5, 5.41) is 0.822. The predicted molar refractivity (Wildman–Crippen MR) is 114 cm³/mol. The minimum absolute atomic E-state index is 0.328. The van der Waals surface area contributed by atoms with Gasteiger partial charge in [-0.15, -0.1) is 0 Å². The summed E-state index contributed by atoms with van der Waals surface area (Å²) in [6.45, 7) is 1.47. The van der Waals surface area contributed by atoms with Crippen molar-refractivity contribution in [1.29, 1.82) is 0 Å². The molecule has 150 valence electrons. The number of amides is 2. The molecule has 0 atom stereocenters. The van der Waals surface area contributed by atoms with Gasteiger partial charge in [0.2, 0.25) is 0 Å². The summed E-state index contributed by atoms with van der Waals surface area (Å²) in [4.78, 5) is 30.1. The van der Waals surface area contributed by atoms with E-state index in [9.17, 15) is 9.59 Å². The van der Waals surface area contributed by atoms with Crippen LogP contribution in [0.25, 0.3) is 5.57 Å². The third kappa shape index (κ3) is 3.61. The molecule has 1 saturated heterocycles. The fourth-order valence-electron chi connectivity index (χ4n) is 3.83. The Morgan fingerprint density at radius 2 is 1.59 bits per heavy atom. The summed E-state index contributed by atoms with van der Waals surface area (Å²) in [5.41, 5.74) is 1.76. The Morgan fingerprint density at radius 1 is 0.897 bits per heavy atom. The molecule has 2 aliphatic heterocycles. The highest BCUT2D eigenvalue weighted by molar-refractivity contribution is 6.47. The molecule has 2 aromatic carbocycles. The van der Waals surface area contributed by atoms with Crippen LogP contribution >= 0.6 is 23.2 Å². The number of carbonyl (C=O) groups excluding carboxylic acids is 2. The number of nitrogens with zero attached hydrogens (tertiary/aromatic N) is 2. The summed E-state index contributed by atoms with van der Waals surface area (Å²) in [6.07, 6.45) is 3.08. The van der Waals surface area contributed by atoms with Gasteiger partial charge in [0.05, 0.1) is 23.4 Å². The first-order chi connectivity index (χ1) is 14.0. The summed E-state index contributed by atoms with van der Waals surface area (Å²) < 4.78 is 5.18. The molecule has 0 aliphatic carbocycles. The van der Waals surface area contributed by atoms with Crippen LogP contribution in [-0.4, -0.2) is 36.9 Å². The van der Waals surface area contributed by atoms with Gasteiger partial charge in [-0.05, 0) is 55.7 Å². The largest absolute Gasteiger partial charge is 0.497 e. The highest BCUT2D eigenvalue weighted by atomic mass is 35.5. The predicted octanol–water partition coefficient (Wildman–Crippen LogP) is 4.77. The van der Waals surface area contributed by atoms with E-state index in [4.69, 9.17) is 27.9 Å². The zero-order valence-electron chi connectivity index (χ0n) is 16.0. The van der Waals surface area contributed by atoms with Crippen LogP contribution in [0.2, 0.25) is 10.0 Å². The Hall–Kier alpha value is -2.50. The third-order valence-corrected chi connectivity index (χ3v) is 5.81. The lowest BCUT2D eigenvalue weighted by Crippen LogP contribution is -2.37. The van der Waals surface area contributed by atoms with E-state index in [1.54, 1.807) is 49.6 Å². The van der Waals surface area contributed by atoms with Crippen LogP contribution < -0.4 is 9.64 Å². The molecule has 5 nitrogen and oxygen atoms in total. The standard InChI is InChI=1S/C22H20Cl2N2O3/c1-29-16-8-6-15(7-9-16)26-21(27)19(17-10-5-14(23)13-18(17)24)20(22(26)28)25-11-3-2-4-12-25/h5-10,13H,2-4,11-12H2,1H3. The van der Waals surface area contributed by atoms with Crippen LogP contribution in [0.15, 0.2) is 48.2 Å². The summed E-state index contributed by atoms with van der Waals surface area (Å²) in [6, 6.07) is 11.8. The van der Waals surface area contributed by atoms with Crippen molar-refractivity contribution >= 4 is 46.3 Å². The van der Waals surface area contributed by atoms with Gasteiger partial charge in [-0.2, -0.15) is 0 Å². The van der Waals surface area contributed by atoms with Crippen molar-refractivity contribution in [3.05, 3.63) is 63.8 Å². The lowest BCUT2D eigenvalue weighted by Gasteiger charge is -2.29. The number of carbonyl (C=O) groups is 2. The van der Waals surface area contributed by atoms with E-state index in [0.717, 1.165) is 32.4 Å². The van der Waals surface area contributed by atoms with Gasteiger partial charge in [0, 0.05) is 23.7 Å². The molecule has 0 bridgehead atoms. The Balaban J connectivity index is 1.83. The zero-order valence-corrected chi connectivity index (χ0v) is 17.5. The maximum absolute atomic E-state index is 13.5. The topological polar surface area (TPSA) is 49.9 Å². The first kappa shape index (κ1) is 19.8. The van der Waals surface area contributed by atoms with E-state index in [0.29, 0.717) is 38.3 Å². The van der Waals surface area contributed by atoms with Gasteiger partial charge in [-0.3, -0.25) is 9.59 Å². The average Bonchev–Trinajstić information content (AvgIpc) is 2.99. The molecule has 0 N–H and O–H groups in total. The first-order valence-electron chi connectivity index (χ1n) is 9.48. The van der Waals surface area contributed by atoms with Crippen LogP contribution in [0.3, 0.4) is 0 Å². The number of imide groups is 1. The normalized spacial score (nSPS) is 17.3. The van der Waals surface area contributed by atoms with E-state index in [1.807, 2.05) is 4.90 Å². The van der Waals surface area contributed by atoms with E-state index >= 15 is 0 Å². The van der Waals surface area contributed by atoms with E-state index < -0.39 is 0 Å². The van der Waals surface area contributed by atoms with Gasteiger partial charge in [0.25, 0.3) is 11.8 Å².